The molecular weight excluding hydrogens is 264 g/mol. The molecule has 2 rings (SSSR count). The van der Waals surface area contributed by atoms with Gasteiger partial charge in [0.15, 0.2) is 0 Å². The molecule has 0 unspecified atom stereocenters. The van der Waals surface area contributed by atoms with E-state index < -0.39 is 0 Å². The van der Waals surface area contributed by atoms with Crippen LogP contribution in [-0.4, -0.2) is 14.8 Å². The van der Waals surface area contributed by atoms with Gasteiger partial charge in [-0.15, -0.1) is 11.3 Å². The fourth-order valence-corrected chi connectivity index (χ4v) is 2.02. The highest BCUT2D eigenvalue weighted by molar-refractivity contribution is 9.11. The number of nitrogens with zero attached hydrogens (tertiary/aromatic N) is 4. The Kier molecular flexibility index (Phi) is 2.61. The van der Waals surface area contributed by atoms with Crippen molar-refractivity contribution in [2.75, 3.05) is 0 Å². The summed E-state index contributed by atoms with van der Waals surface area (Å²) in [4.78, 5) is 4.17. The summed E-state index contributed by atoms with van der Waals surface area (Å²) in [5.74, 6) is 0. The Morgan fingerprint density at radius 3 is 3.07 bits per heavy atom. The largest absolute Gasteiger partial charge is 0.265 e. The minimum atomic E-state index is 0.566. The molecule has 0 amide bonds. The van der Waals surface area contributed by atoms with Crippen LogP contribution in [0.1, 0.15) is 11.3 Å². The second-order valence-corrected chi connectivity index (χ2v) is 4.78. The molecule has 0 spiro atoms. The molecule has 0 aliphatic carbocycles. The van der Waals surface area contributed by atoms with Crippen molar-refractivity contribution in [2.24, 2.45) is 0 Å². The van der Waals surface area contributed by atoms with Crippen molar-refractivity contribution in [3.63, 3.8) is 0 Å². The Morgan fingerprint density at radius 1 is 1.64 bits per heavy atom. The van der Waals surface area contributed by atoms with E-state index in [1.165, 1.54) is 11.3 Å². The smallest absolute Gasteiger partial charge is 0.102 e. The Balaban J connectivity index is 2.20. The van der Waals surface area contributed by atoms with Crippen molar-refractivity contribution >= 4 is 27.3 Å². The second kappa shape index (κ2) is 3.90. The highest BCUT2D eigenvalue weighted by atomic mass is 79.9. The molecule has 0 radical (unpaired) electrons. The Bertz CT molecular complexity index is 481. The lowest BCUT2D eigenvalue weighted by Gasteiger charge is -1.97. The van der Waals surface area contributed by atoms with E-state index >= 15 is 0 Å². The van der Waals surface area contributed by atoms with Gasteiger partial charge in [0, 0.05) is 6.20 Å². The fourth-order valence-electron chi connectivity index (χ4n) is 1.02. The van der Waals surface area contributed by atoms with Crippen molar-refractivity contribution in [3.8, 4) is 6.07 Å². The van der Waals surface area contributed by atoms with E-state index in [2.05, 4.69) is 26.0 Å². The minimum Gasteiger partial charge on any atom is -0.265 e. The predicted molar refractivity (Wildman–Crippen MR) is 55.9 cm³/mol. The number of thiazole rings is 1. The van der Waals surface area contributed by atoms with Crippen LogP contribution in [0.5, 0.6) is 0 Å². The van der Waals surface area contributed by atoms with Crippen LogP contribution in [0.2, 0.25) is 0 Å². The summed E-state index contributed by atoms with van der Waals surface area (Å²) >= 11 is 4.93. The van der Waals surface area contributed by atoms with Crippen molar-refractivity contribution in [2.45, 2.75) is 6.54 Å². The zero-order chi connectivity index (χ0) is 9.97. The second-order valence-electron chi connectivity index (χ2n) is 2.61. The summed E-state index contributed by atoms with van der Waals surface area (Å²) in [5.41, 5.74) is 3.27. The number of hydrogen-bond acceptors (Lipinski definition) is 4. The number of hydrogen-bond donors (Lipinski definition) is 0. The van der Waals surface area contributed by atoms with E-state index in [4.69, 9.17) is 5.26 Å². The van der Waals surface area contributed by atoms with Gasteiger partial charge in [-0.2, -0.15) is 10.4 Å². The van der Waals surface area contributed by atoms with Gasteiger partial charge in [0.1, 0.15) is 6.07 Å². The van der Waals surface area contributed by atoms with Crippen molar-refractivity contribution in [3.05, 3.63) is 32.9 Å². The minimum absolute atomic E-state index is 0.566. The van der Waals surface area contributed by atoms with Gasteiger partial charge >= 0.3 is 0 Å². The van der Waals surface area contributed by atoms with E-state index in [9.17, 15) is 0 Å². The first-order valence-electron chi connectivity index (χ1n) is 3.80. The molecule has 14 heavy (non-hydrogen) atoms. The highest BCUT2D eigenvalue weighted by Crippen LogP contribution is 2.21. The molecule has 2 heterocycles. The van der Waals surface area contributed by atoms with Crippen LogP contribution in [0.15, 0.2) is 21.7 Å². The molecular formula is C8H5BrN4S. The molecule has 2 aromatic rings. The van der Waals surface area contributed by atoms with Crippen molar-refractivity contribution in [1.82, 2.24) is 14.8 Å². The molecule has 0 aliphatic heterocycles. The van der Waals surface area contributed by atoms with Gasteiger partial charge in [-0.1, -0.05) is 0 Å². The zero-order valence-electron chi connectivity index (χ0n) is 7.01. The van der Waals surface area contributed by atoms with Crippen LogP contribution in [0.25, 0.3) is 0 Å². The van der Waals surface area contributed by atoms with E-state index in [1.807, 2.05) is 6.07 Å². The molecule has 0 aliphatic rings. The summed E-state index contributed by atoms with van der Waals surface area (Å²) in [5, 5.41) is 12.6. The summed E-state index contributed by atoms with van der Waals surface area (Å²) in [6, 6.07) is 2.03. The van der Waals surface area contributed by atoms with Crippen LogP contribution >= 0.6 is 27.3 Å². The van der Waals surface area contributed by atoms with Crippen molar-refractivity contribution < 1.29 is 0 Å². The van der Waals surface area contributed by atoms with Crippen LogP contribution < -0.4 is 0 Å². The first kappa shape index (κ1) is 9.37. The SMILES string of the molecule is N#Cc1cnn(Cc2ncsc2Br)c1. The van der Waals surface area contributed by atoms with E-state index in [-0.39, 0.29) is 0 Å². The van der Waals surface area contributed by atoms with Crippen LogP contribution in [-0.2, 0) is 6.54 Å². The molecule has 0 atom stereocenters. The molecule has 0 saturated carbocycles. The number of aromatic nitrogens is 3. The zero-order valence-corrected chi connectivity index (χ0v) is 9.42. The van der Waals surface area contributed by atoms with Gasteiger partial charge in [0.05, 0.1) is 33.3 Å². The van der Waals surface area contributed by atoms with Gasteiger partial charge in [-0.3, -0.25) is 4.68 Å². The normalized spacial score (nSPS) is 10.0. The third kappa shape index (κ3) is 1.84. The molecule has 0 bridgehead atoms. The van der Waals surface area contributed by atoms with E-state index in [0.29, 0.717) is 12.1 Å². The fraction of sp³-hybridized carbons (Fsp3) is 0.125. The highest BCUT2D eigenvalue weighted by Gasteiger charge is 2.04. The average Bonchev–Trinajstić information content (AvgIpc) is 2.77. The van der Waals surface area contributed by atoms with E-state index in [1.54, 1.807) is 22.6 Å². The first-order chi connectivity index (χ1) is 6.79. The van der Waals surface area contributed by atoms with Gasteiger partial charge in [0.25, 0.3) is 0 Å². The average molecular weight is 269 g/mol. The monoisotopic (exact) mass is 268 g/mol. The molecule has 0 aromatic carbocycles. The molecule has 70 valence electrons. The maximum Gasteiger partial charge on any atom is 0.102 e. The van der Waals surface area contributed by atoms with Gasteiger partial charge in [-0.25, -0.2) is 4.98 Å². The molecule has 4 nitrogen and oxygen atoms in total. The number of rotatable bonds is 2. The summed E-state index contributed by atoms with van der Waals surface area (Å²) < 4.78 is 2.70. The lowest BCUT2D eigenvalue weighted by molar-refractivity contribution is 0.674. The van der Waals surface area contributed by atoms with Crippen LogP contribution in [0, 0.1) is 11.3 Å². The summed E-state index contributed by atoms with van der Waals surface area (Å²) in [7, 11) is 0. The predicted octanol–water partition coefficient (Wildman–Crippen LogP) is 2.02. The summed E-state index contributed by atoms with van der Waals surface area (Å²) in [6.45, 7) is 0.589. The van der Waals surface area contributed by atoms with Crippen molar-refractivity contribution in [1.29, 1.82) is 5.26 Å². The molecule has 0 saturated heterocycles. The molecule has 2 aromatic heterocycles. The lowest BCUT2D eigenvalue weighted by Crippen LogP contribution is -2.00. The lowest BCUT2D eigenvalue weighted by atomic mass is 10.4. The molecule has 6 heteroatoms. The third-order valence-electron chi connectivity index (χ3n) is 1.67. The van der Waals surface area contributed by atoms with Gasteiger partial charge in [-0.05, 0) is 15.9 Å². The molecule has 0 N–H and O–H groups in total. The van der Waals surface area contributed by atoms with E-state index in [0.717, 1.165) is 9.48 Å². The Labute approximate surface area is 92.9 Å². The van der Waals surface area contributed by atoms with Crippen LogP contribution in [0.4, 0.5) is 0 Å². The number of nitriles is 1. The topological polar surface area (TPSA) is 54.5 Å². The van der Waals surface area contributed by atoms with Crippen LogP contribution in [0.3, 0.4) is 0 Å². The summed E-state index contributed by atoms with van der Waals surface area (Å²) in [6.07, 6.45) is 3.24. The quantitative estimate of drug-likeness (QED) is 0.838. The van der Waals surface area contributed by atoms with Gasteiger partial charge in [0.2, 0.25) is 0 Å². The standard InChI is InChI=1S/C8H5BrN4S/c9-8-7(11-5-14-8)4-13-3-6(1-10)2-12-13/h2-3,5H,4H2. The number of halogens is 1. The first-order valence-corrected chi connectivity index (χ1v) is 5.47. The maximum atomic E-state index is 8.61. The maximum absolute atomic E-state index is 8.61. The van der Waals surface area contributed by atoms with Gasteiger partial charge < -0.3 is 0 Å². The Morgan fingerprint density at radius 2 is 2.50 bits per heavy atom. The Hall–Kier alpha value is -1.19. The third-order valence-corrected chi connectivity index (χ3v) is 3.34. The molecule has 0 fully saturated rings.